The zero-order chi connectivity index (χ0) is 14.8. The molecule has 0 spiro atoms. The molecule has 3 N–H and O–H groups in total. The summed E-state index contributed by atoms with van der Waals surface area (Å²) in [5.74, 6) is -0.598. The van der Waals surface area contributed by atoms with E-state index in [1.807, 2.05) is 0 Å². The number of aliphatic hydroxyl groups is 1. The van der Waals surface area contributed by atoms with Gasteiger partial charge in [-0.3, -0.25) is 0 Å². The first-order valence-corrected chi connectivity index (χ1v) is 6.50. The largest absolute Gasteiger partial charge is 0.451 e. The first-order valence-electron chi connectivity index (χ1n) is 6.50. The van der Waals surface area contributed by atoms with E-state index in [0.717, 1.165) is 0 Å². The Morgan fingerprint density at radius 1 is 1.25 bits per heavy atom. The number of hydrogen-bond acceptors (Lipinski definition) is 5. The maximum absolute atomic E-state index is 12.7. The van der Waals surface area contributed by atoms with Gasteiger partial charge in [-0.25, -0.2) is 9.97 Å². The number of nitrogens with one attached hydrogen (secondary N) is 2. The predicted molar refractivity (Wildman–Crippen MR) is 68.4 cm³/mol. The highest BCUT2D eigenvalue weighted by atomic mass is 19.4. The Bertz CT molecular complexity index is 461. The van der Waals surface area contributed by atoms with Gasteiger partial charge >= 0.3 is 6.18 Å². The van der Waals surface area contributed by atoms with Gasteiger partial charge in [-0.05, 0) is 25.7 Å². The van der Waals surface area contributed by atoms with Gasteiger partial charge in [-0.15, -0.1) is 0 Å². The van der Waals surface area contributed by atoms with Crippen LogP contribution in [0.3, 0.4) is 0 Å². The van der Waals surface area contributed by atoms with Crippen molar-refractivity contribution >= 4 is 11.6 Å². The zero-order valence-electron chi connectivity index (χ0n) is 11.0. The van der Waals surface area contributed by atoms with Gasteiger partial charge in [0.15, 0.2) is 0 Å². The molecule has 1 aromatic heterocycles. The summed E-state index contributed by atoms with van der Waals surface area (Å²) in [5, 5.41) is 14.8. The quantitative estimate of drug-likeness (QED) is 0.775. The Hall–Kier alpha value is -1.57. The molecular formula is C12H17F3N4O. The van der Waals surface area contributed by atoms with Crippen LogP contribution in [0.4, 0.5) is 24.8 Å². The summed E-state index contributed by atoms with van der Waals surface area (Å²) in [6.07, 6.45) is -3.52. The molecule has 0 bridgehead atoms. The smallest absolute Gasteiger partial charge is 0.393 e. The maximum atomic E-state index is 12.7. The molecule has 0 saturated heterocycles. The Kier molecular flexibility index (Phi) is 4.32. The van der Waals surface area contributed by atoms with E-state index in [2.05, 4.69) is 20.6 Å². The van der Waals surface area contributed by atoms with Crippen molar-refractivity contribution in [3.8, 4) is 0 Å². The van der Waals surface area contributed by atoms with Gasteiger partial charge in [-0.2, -0.15) is 13.2 Å². The van der Waals surface area contributed by atoms with Gasteiger partial charge in [0.2, 0.25) is 5.82 Å². The highest BCUT2D eigenvalue weighted by molar-refractivity contribution is 5.47. The third-order valence-corrected chi connectivity index (χ3v) is 3.12. The minimum absolute atomic E-state index is 0.143. The second kappa shape index (κ2) is 5.82. The third-order valence-electron chi connectivity index (χ3n) is 3.12. The lowest BCUT2D eigenvalue weighted by Gasteiger charge is -2.31. The molecule has 0 unspecified atom stereocenters. The Labute approximate surface area is 114 Å². The predicted octanol–water partition coefficient (Wildman–Crippen LogP) is 2.11. The standard InChI is InChI=1S/C12H17F3N4O/c1-2-16-9-5-10(17-6-7-3-8(20)4-7)19-11(18-9)12(13,14)15/h5,7-8,20H,2-4,6H2,1H3,(H2,16,17,18,19). The number of anilines is 2. The van der Waals surface area contributed by atoms with E-state index < -0.39 is 12.0 Å². The van der Waals surface area contributed by atoms with Crippen molar-refractivity contribution < 1.29 is 18.3 Å². The van der Waals surface area contributed by atoms with Crippen LogP contribution in [-0.4, -0.2) is 34.3 Å². The second-order valence-corrected chi connectivity index (χ2v) is 4.86. The lowest BCUT2D eigenvalue weighted by atomic mass is 9.82. The summed E-state index contributed by atoms with van der Waals surface area (Å²) in [4.78, 5) is 6.93. The van der Waals surface area contributed by atoms with Gasteiger partial charge in [-0.1, -0.05) is 0 Å². The minimum atomic E-state index is -4.57. The molecule has 1 saturated carbocycles. The van der Waals surface area contributed by atoms with Crippen molar-refractivity contribution in [1.29, 1.82) is 0 Å². The van der Waals surface area contributed by atoms with E-state index in [1.54, 1.807) is 6.92 Å². The molecule has 20 heavy (non-hydrogen) atoms. The van der Waals surface area contributed by atoms with Crippen LogP contribution in [0.25, 0.3) is 0 Å². The lowest BCUT2D eigenvalue weighted by molar-refractivity contribution is -0.144. The number of halogens is 3. The highest BCUT2D eigenvalue weighted by Crippen LogP contribution is 2.30. The molecule has 1 fully saturated rings. The van der Waals surface area contributed by atoms with Gasteiger partial charge < -0.3 is 15.7 Å². The van der Waals surface area contributed by atoms with Crippen molar-refractivity contribution in [3.63, 3.8) is 0 Å². The normalized spacial score (nSPS) is 22.2. The minimum Gasteiger partial charge on any atom is -0.393 e. The van der Waals surface area contributed by atoms with Gasteiger partial charge in [0.05, 0.1) is 6.10 Å². The van der Waals surface area contributed by atoms with Crippen LogP contribution >= 0.6 is 0 Å². The number of rotatable bonds is 5. The van der Waals surface area contributed by atoms with Gasteiger partial charge in [0.25, 0.3) is 0 Å². The van der Waals surface area contributed by atoms with Crippen molar-refractivity contribution in [1.82, 2.24) is 9.97 Å². The molecule has 112 valence electrons. The molecule has 1 aliphatic carbocycles. The van der Waals surface area contributed by atoms with E-state index in [9.17, 15) is 13.2 Å². The van der Waals surface area contributed by atoms with Crippen LogP contribution < -0.4 is 10.6 Å². The Morgan fingerprint density at radius 3 is 2.35 bits per heavy atom. The average molecular weight is 290 g/mol. The summed E-state index contributed by atoms with van der Waals surface area (Å²) in [6, 6.07) is 1.45. The molecular weight excluding hydrogens is 273 g/mol. The molecule has 1 heterocycles. The van der Waals surface area contributed by atoms with Crippen LogP contribution in [0.15, 0.2) is 6.07 Å². The maximum Gasteiger partial charge on any atom is 0.451 e. The molecule has 0 amide bonds. The number of hydrogen-bond donors (Lipinski definition) is 3. The van der Waals surface area contributed by atoms with E-state index in [-0.39, 0.29) is 23.7 Å². The number of alkyl halides is 3. The van der Waals surface area contributed by atoms with Crippen LogP contribution in [0.2, 0.25) is 0 Å². The first-order chi connectivity index (χ1) is 9.38. The van der Waals surface area contributed by atoms with Gasteiger partial charge in [0.1, 0.15) is 11.6 Å². The second-order valence-electron chi connectivity index (χ2n) is 4.86. The van der Waals surface area contributed by atoms with Crippen molar-refractivity contribution in [2.24, 2.45) is 5.92 Å². The van der Waals surface area contributed by atoms with Crippen LogP contribution in [0, 0.1) is 5.92 Å². The molecule has 0 aromatic carbocycles. The zero-order valence-corrected chi connectivity index (χ0v) is 11.0. The summed E-state index contributed by atoms with van der Waals surface area (Å²) < 4.78 is 38.1. The van der Waals surface area contributed by atoms with Crippen LogP contribution in [-0.2, 0) is 6.18 Å². The molecule has 2 rings (SSSR count). The monoisotopic (exact) mass is 290 g/mol. The fraction of sp³-hybridized carbons (Fsp3) is 0.667. The van der Waals surface area contributed by atoms with Crippen LogP contribution in [0.5, 0.6) is 0 Å². The van der Waals surface area contributed by atoms with Crippen LogP contribution in [0.1, 0.15) is 25.6 Å². The first kappa shape index (κ1) is 14.8. The topological polar surface area (TPSA) is 70.1 Å². The SMILES string of the molecule is CCNc1cc(NCC2CC(O)C2)nc(C(F)(F)F)n1. The third kappa shape index (κ3) is 3.72. The number of aromatic nitrogens is 2. The molecule has 0 aliphatic heterocycles. The summed E-state index contributed by atoms with van der Waals surface area (Å²) in [7, 11) is 0. The summed E-state index contributed by atoms with van der Waals surface area (Å²) in [6.45, 7) is 2.75. The lowest BCUT2D eigenvalue weighted by Crippen LogP contribution is -2.33. The highest BCUT2D eigenvalue weighted by Gasteiger charge is 2.35. The fourth-order valence-corrected chi connectivity index (χ4v) is 2.05. The Balaban J connectivity index is 2.08. The van der Waals surface area contributed by atoms with E-state index in [0.29, 0.717) is 25.9 Å². The molecule has 0 atom stereocenters. The Morgan fingerprint density at radius 2 is 1.85 bits per heavy atom. The molecule has 1 aromatic rings. The number of aliphatic hydroxyl groups excluding tert-OH is 1. The number of nitrogens with zero attached hydrogens (tertiary/aromatic N) is 2. The van der Waals surface area contributed by atoms with Crippen molar-refractivity contribution in [2.45, 2.75) is 32.0 Å². The van der Waals surface area contributed by atoms with E-state index in [1.165, 1.54) is 6.07 Å². The average Bonchev–Trinajstić information content (AvgIpc) is 2.32. The van der Waals surface area contributed by atoms with Crippen molar-refractivity contribution in [3.05, 3.63) is 11.9 Å². The van der Waals surface area contributed by atoms with Crippen molar-refractivity contribution in [2.75, 3.05) is 23.7 Å². The van der Waals surface area contributed by atoms with Gasteiger partial charge in [0, 0.05) is 19.2 Å². The van der Waals surface area contributed by atoms with E-state index in [4.69, 9.17) is 5.11 Å². The summed E-state index contributed by atoms with van der Waals surface area (Å²) >= 11 is 0. The van der Waals surface area contributed by atoms with E-state index >= 15 is 0 Å². The molecule has 1 aliphatic rings. The summed E-state index contributed by atoms with van der Waals surface area (Å²) in [5.41, 5.74) is 0. The fourth-order valence-electron chi connectivity index (χ4n) is 2.05. The molecule has 8 heteroatoms. The molecule has 0 radical (unpaired) electrons. The molecule has 5 nitrogen and oxygen atoms in total.